The maximum absolute atomic E-state index is 7.88. The second-order valence-corrected chi connectivity index (χ2v) is 2.18. The summed E-state index contributed by atoms with van der Waals surface area (Å²) in [6.45, 7) is 1.40. The quantitative estimate of drug-likeness (QED) is 0.260. The molecule has 4 nitrogen and oxygen atoms in total. The van der Waals surface area contributed by atoms with Crippen molar-refractivity contribution in [1.29, 1.82) is 0 Å². The Morgan fingerprint density at radius 1 is 1.67 bits per heavy atom. The highest BCUT2D eigenvalue weighted by atomic mass is 15.1. The Morgan fingerprint density at radius 3 is 3.00 bits per heavy atom. The highest BCUT2D eigenvalue weighted by Crippen LogP contribution is 2.17. The molecule has 0 heterocycles. The third-order valence-corrected chi connectivity index (χ3v) is 1.29. The molecule has 1 aliphatic rings. The van der Waals surface area contributed by atoms with E-state index in [1.807, 2.05) is 0 Å². The first-order valence-corrected chi connectivity index (χ1v) is 3.17. The fraction of sp³-hybridized carbons (Fsp3) is 1.00. The van der Waals surface area contributed by atoms with E-state index in [9.17, 15) is 0 Å². The van der Waals surface area contributed by atoms with E-state index < -0.39 is 0 Å². The third-order valence-electron chi connectivity index (χ3n) is 1.29. The van der Waals surface area contributed by atoms with Gasteiger partial charge in [0.15, 0.2) is 0 Å². The fourth-order valence-corrected chi connectivity index (χ4v) is 0.651. The minimum Gasteiger partial charge on any atom is -0.314 e. The Balaban J connectivity index is 1.86. The first kappa shape index (κ1) is 6.39. The molecule has 1 N–H and O–H groups in total. The van der Waals surface area contributed by atoms with Crippen LogP contribution >= 0.6 is 0 Å². The monoisotopic (exact) mass is 126 g/mol. The molecule has 1 fully saturated rings. The maximum atomic E-state index is 7.88. The smallest absolute Gasteiger partial charge is 0.0383 e. The lowest BCUT2D eigenvalue weighted by atomic mass is 10.6. The fourth-order valence-electron chi connectivity index (χ4n) is 0.651. The number of rotatable bonds is 4. The van der Waals surface area contributed by atoms with Gasteiger partial charge < -0.3 is 5.32 Å². The van der Waals surface area contributed by atoms with Gasteiger partial charge in [-0.3, -0.25) is 0 Å². The van der Waals surface area contributed by atoms with E-state index in [1.165, 1.54) is 12.8 Å². The van der Waals surface area contributed by atoms with E-state index in [2.05, 4.69) is 15.3 Å². The molecule has 1 saturated carbocycles. The van der Waals surface area contributed by atoms with Crippen molar-refractivity contribution in [2.45, 2.75) is 18.9 Å². The van der Waals surface area contributed by atoms with Gasteiger partial charge in [0.1, 0.15) is 0 Å². The third kappa shape index (κ3) is 2.95. The van der Waals surface area contributed by atoms with Gasteiger partial charge >= 0.3 is 0 Å². The van der Waals surface area contributed by atoms with Crippen LogP contribution in [0.3, 0.4) is 0 Å². The van der Waals surface area contributed by atoms with E-state index >= 15 is 0 Å². The van der Waals surface area contributed by atoms with Crippen molar-refractivity contribution in [3.63, 3.8) is 0 Å². The Labute approximate surface area is 53.9 Å². The van der Waals surface area contributed by atoms with Crippen molar-refractivity contribution in [3.05, 3.63) is 10.4 Å². The molecule has 0 bridgehead atoms. The van der Waals surface area contributed by atoms with Gasteiger partial charge in [0, 0.05) is 24.0 Å². The predicted molar refractivity (Wildman–Crippen MR) is 35.0 cm³/mol. The van der Waals surface area contributed by atoms with Crippen molar-refractivity contribution >= 4 is 0 Å². The summed E-state index contributed by atoms with van der Waals surface area (Å²) in [5.41, 5.74) is 7.88. The Kier molecular flexibility index (Phi) is 2.36. The number of azide groups is 1. The van der Waals surface area contributed by atoms with Gasteiger partial charge in [-0.1, -0.05) is 5.11 Å². The van der Waals surface area contributed by atoms with Crippen LogP contribution in [-0.2, 0) is 0 Å². The molecule has 9 heavy (non-hydrogen) atoms. The number of hydrogen-bond donors (Lipinski definition) is 1. The molecule has 0 amide bonds. The van der Waals surface area contributed by atoms with Crippen LogP contribution in [0.5, 0.6) is 0 Å². The predicted octanol–water partition coefficient (Wildman–Crippen LogP) is 1.05. The summed E-state index contributed by atoms with van der Waals surface area (Å²) < 4.78 is 0. The molecule has 0 spiro atoms. The van der Waals surface area contributed by atoms with E-state index in [0.29, 0.717) is 6.54 Å². The van der Waals surface area contributed by atoms with Crippen LogP contribution in [0.25, 0.3) is 10.4 Å². The van der Waals surface area contributed by atoms with Crippen LogP contribution in [0, 0.1) is 0 Å². The van der Waals surface area contributed by atoms with Gasteiger partial charge in [-0.15, -0.1) is 0 Å². The van der Waals surface area contributed by atoms with E-state index in [0.717, 1.165) is 12.6 Å². The van der Waals surface area contributed by atoms with Crippen molar-refractivity contribution < 1.29 is 0 Å². The van der Waals surface area contributed by atoms with Gasteiger partial charge in [-0.05, 0) is 18.4 Å². The molecular formula is C5H10N4. The number of nitrogens with zero attached hydrogens (tertiary/aromatic N) is 3. The van der Waals surface area contributed by atoms with Crippen LogP contribution < -0.4 is 5.32 Å². The number of nitrogens with one attached hydrogen (secondary N) is 1. The zero-order chi connectivity index (χ0) is 6.53. The Hall–Kier alpha value is -0.730. The van der Waals surface area contributed by atoms with E-state index in [-0.39, 0.29) is 0 Å². The second kappa shape index (κ2) is 3.33. The van der Waals surface area contributed by atoms with Crippen LogP contribution in [0.4, 0.5) is 0 Å². The molecule has 0 aromatic heterocycles. The lowest BCUT2D eigenvalue weighted by Gasteiger charge is -1.94. The Bertz CT molecular complexity index is 123. The van der Waals surface area contributed by atoms with Gasteiger partial charge in [-0.25, -0.2) is 0 Å². The largest absolute Gasteiger partial charge is 0.314 e. The molecule has 1 aliphatic carbocycles. The molecule has 0 unspecified atom stereocenters. The average Bonchev–Trinajstić information content (AvgIpc) is 2.63. The standard InChI is InChI=1S/C5H10N4/c6-9-8-4-3-7-5-1-2-5/h5,7H,1-4H2. The molecule has 0 radical (unpaired) electrons. The van der Waals surface area contributed by atoms with Crippen molar-refractivity contribution in [2.24, 2.45) is 5.11 Å². The summed E-state index contributed by atoms with van der Waals surface area (Å²) in [5, 5.41) is 6.62. The number of hydrogen-bond acceptors (Lipinski definition) is 2. The highest BCUT2D eigenvalue weighted by molar-refractivity contribution is 4.80. The van der Waals surface area contributed by atoms with Crippen molar-refractivity contribution in [1.82, 2.24) is 5.32 Å². The average molecular weight is 126 g/mol. The lowest BCUT2D eigenvalue weighted by molar-refractivity contribution is 0.688. The zero-order valence-electron chi connectivity index (χ0n) is 5.25. The topological polar surface area (TPSA) is 60.8 Å². The van der Waals surface area contributed by atoms with Gasteiger partial charge in [-0.2, -0.15) is 0 Å². The molecule has 1 rings (SSSR count). The summed E-state index contributed by atoms with van der Waals surface area (Å²) in [4.78, 5) is 2.64. The normalized spacial score (nSPS) is 16.9. The van der Waals surface area contributed by atoms with Crippen LogP contribution in [0.1, 0.15) is 12.8 Å². The molecule has 0 aromatic carbocycles. The van der Waals surface area contributed by atoms with Crippen LogP contribution in [0.2, 0.25) is 0 Å². The van der Waals surface area contributed by atoms with E-state index in [4.69, 9.17) is 5.53 Å². The van der Waals surface area contributed by atoms with Gasteiger partial charge in [0.05, 0.1) is 0 Å². The van der Waals surface area contributed by atoms with Crippen molar-refractivity contribution in [3.8, 4) is 0 Å². The summed E-state index contributed by atoms with van der Waals surface area (Å²) in [5.74, 6) is 0. The molecule has 0 atom stereocenters. The maximum Gasteiger partial charge on any atom is 0.0383 e. The first-order valence-electron chi connectivity index (χ1n) is 3.17. The van der Waals surface area contributed by atoms with Crippen LogP contribution in [-0.4, -0.2) is 19.1 Å². The second-order valence-electron chi connectivity index (χ2n) is 2.18. The lowest BCUT2D eigenvalue weighted by Crippen LogP contribution is -2.19. The summed E-state index contributed by atoms with van der Waals surface area (Å²) in [6, 6.07) is 0.721. The molecule has 0 saturated heterocycles. The van der Waals surface area contributed by atoms with Crippen LogP contribution in [0.15, 0.2) is 5.11 Å². The summed E-state index contributed by atoms with van der Waals surface area (Å²) >= 11 is 0. The first-order chi connectivity index (χ1) is 4.43. The van der Waals surface area contributed by atoms with Gasteiger partial charge in [0.2, 0.25) is 0 Å². The Morgan fingerprint density at radius 2 is 2.44 bits per heavy atom. The zero-order valence-corrected chi connectivity index (χ0v) is 5.25. The molecule has 4 heteroatoms. The molecule has 0 aliphatic heterocycles. The van der Waals surface area contributed by atoms with E-state index in [1.54, 1.807) is 0 Å². The summed E-state index contributed by atoms with van der Waals surface area (Å²) in [6.07, 6.45) is 2.58. The molecule has 50 valence electrons. The minimum absolute atomic E-state index is 0.576. The molecular weight excluding hydrogens is 116 g/mol. The molecule has 0 aromatic rings. The van der Waals surface area contributed by atoms with Crippen molar-refractivity contribution in [2.75, 3.05) is 13.1 Å². The summed E-state index contributed by atoms with van der Waals surface area (Å²) in [7, 11) is 0. The SMILES string of the molecule is [N-]=[N+]=NCCNC1CC1. The highest BCUT2D eigenvalue weighted by Gasteiger charge is 2.19. The van der Waals surface area contributed by atoms with Gasteiger partial charge in [0.25, 0.3) is 0 Å². The minimum atomic E-state index is 0.576.